The van der Waals surface area contributed by atoms with Crippen LogP contribution in [0.2, 0.25) is 0 Å². The van der Waals surface area contributed by atoms with Crippen LogP contribution in [0.5, 0.6) is 0 Å². The highest BCUT2D eigenvalue weighted by Crippen LogP contribution is 2.29. The van der Waals surface area contributed by atoms with Crippen molar-refractivity contribution >= 4 is 40.7 Å². The number of carbonyl (C=O) groups excluding carboxylic acids is 1. The van der Waals surface area contributed by atoms with Crippen LogP contribution in [0.4, 0.5) is 0 Å². The van der Waals surface area contributed by atoms with Gasteiger partial charge in [-0.3, -0.25) is 10.1 Å². The van der Waals surface area contributed by atoms with Gasteiger partial charge in [0, 0.05) is 13.2 Å². The Morgan fingerprint density at radius 2 is 2.05 bits per heavy atom. The average molecular weight is 366 g/mol. The highest BCUT2D eigenvalue weighted by molar-refractivity contribution is 6.68. The van der Waals surface area contributed by atoms with Crippen LogP contribution in [0.3, 0.4) is 0 Å². The van der Waals surface area contributed by atoms with Gasteiger partial charge in [0.15, 0.2) is 0 Å². The van der Waals surface area contributed by atoms with Gasteiger partial charge in [-0.2, -0.15) is 0 Å². The molecular formula is C15H19Cl3N2O2. The normalized spacial score (nSPS) is 19.9. The van der Waals surface area contributed by atoms with Crippen LogP contribution in [0.25, 0.3) is 0 Å². The second-order valence-electron chi connectivity index (χ2n) is 5.25. The first kappa shape index (κ1) is 17.8. The number of halogens is 3. The van der Waals surface area contributed by atoms with E-state index in [2.05, 4.69) is 10.6 Å². The number of amides is 1. The molecule has 1 saturated heterocycles. The molecule has 1 amide bonds. The van der Waals surface area contributed by atoms with Gasteiger partial charge in [-0.15, -0.1) is 0 Å². The summed E-state index contributed by atoms with van der Waals surface area (Å²) >= 11 is 17.8. The third-order valence-electron chi connectivity index (χ3n) is 3.41. The molecule has 0 aliphatic carbocycles. The molecule has 2 atom stereocenters. The summed E-state index contributed by atoms with van der Waals surface area (Å²) in [5, 5.41) is 5.79. The minimum atomic E-state index is -1.63. The van der Waals surface area contributed by atoms with Crippen molar-refractivity contribution in [2.75, 3.05) is 13.2 Å². The number of alkyl halides is 3. The van der Waals surface area contributed by atoms with Gasteiger partial charge in [0.05, 0.1) is 12.5 Å². The molecule has 0 unspecified atom stereocenters. The molecule has 2 N–H and O–H groups in total. The Bertz CT molecular complexity index is 473. The first-order valence-corrected chi connectivity index (χ1v) is 8.33. The summed E-state index contributed by atoms with van der Waals surface area (Å²) in [4.78, 5) is 12.1. The Labute approximate surface area is 145 Å². The molecule has 22 heavy (non-hydrogen) atoms. The fraction of sp³-hybridized carbons (Fsp3) is 0.533. The van der Waals surface area contributed by atoms with Crippen LogP contribution in [0.1, 0.15) is 18.4 Å². The van der Waals surface area contributed by atoms with E-state index < -0.39 is 9.96 Å². The van der Waals surface area contributed by atoms with Crippen molar-refractivity contribution in [1.82, 2.24) is 10.6 Å². The summed E-state index contributed by atoms with van der Waals surface area (Å²) in [5.74, 6) is -0.206. The lowest BCUT2D eigenvalue weighted by atomic mass is 10.1. The van der Waals surface area contributed by atoms with E-state index in [1.54, 1.807) is 0 Å². The number of rotatable bonds is 6. The summed E-state index contributed by atoms with van der Waals surface area (Å²) in [6.07, 6.45) is 1.57. The lowest BCUT2D eigenvalue weighted by molar-refractivity contribution is -0.121. The van der Waals surface area contributed by atoms with Crippen LogP contribution in [0, 0.1) is 0 Å². The van der Waals surface area contributed by atoms with Crippen LogP contribution >= 0.6 is 34.8 Å². The van der Waals surface area contributed by atoms with Crippen LogP contribution in [-0.4, -0.2) is 35.1 Å². The average Bonchev–Trinajstić information content (AvgIpc) is 2.96. The third kappa shape index (κ3) is 5.94. The molecule has 0 aromatic heterocycles. The minimum absolute atomic E-state index is 0.0980. The van der Waals surface area contributed by atoms with E-state index >= 15 is 0 Å². The molecule has 1 heterocycles. The largest absolute Gasteiger partial charge is 0.377 e. The number of nitrogens with one attached hydrogen (secondary N) is 2. The summed E-state index contributed by atoms with van der Waals surface area (Å²) in [5.41, 5.74) is 0.905. The molecule has 0 bridgehead atoms. The van der Waals surface area contributed by atoms with Gasteiger partial charge in [0.25, 0.3) is 0 Å². The molecule has 1 aliphatic heterocycles. The fourth-order valence-electron chi connectivity index (χ4n) is 2.30. The lowest BCUT2D eigenvalue weighted by Crippen LogP contribution is -2.55. The van der Waals surface area contributed by atoms with Gasteiger partial charge in [-0.1, -0.05) is 65.1 Å². The van der Waals surface area contributed by atoms with Crippen LogP contribution < -0.4 is 10.6 Å². The number of benzene rings is 1. The smallest absolute Gasteiger partial charge is 0.225 e. The Balaban J connectivity index is 1.87. The molecule has 2 rings (SSSR count). The number of hydrogen-bond acceptors (Lipinski definition) is 3. The molecule has 0 radical (unpaired) electrons. The van der Waals surface area contributed by atoms with E-state index in [4.69, 9.17) is 39.5 Å². The molecular weight excluding hydrogens is 347 g/mol. The molecule has 1 aromatic carbocycles. The second-order valence-corrected chi connectivity index (χ2v) is 7.62. The van der Waals surface area contributed by atoms with E-state index in [1.165, 1.54) is 0 Å². The highest BCUT2D eigenvalue weighted by atomic mass is 35.6. The third-order valence-corrected chi connectivity index (χ3v) is 4.07. The molecule has 122 valence electrons. The van der Waals surface area contributed by atoms with Crippen molar-refractivity contribution in [3.8, 4) is 0 Å². The van der Waals surface area contributed by atoms with Gasteiger partial charge < -0.3 is 10.1 Å². The molecule has 1 aromatic rings. The molecule has 0 spiro atoms. The number of ether oxygens (including phenoxy) is 1. The van der Waals surface area contributed by atoms with Crippen molar-refractivity contribution in [3.05, 3.63) is 35.9 Å². The SMILES string of the molecule is O=C(Cc1ccccc1)N[C@H](NC[C@H]1CCCO1)C(Cl)(Cl)Cl. The second kappa shape index (κ2) is 8.37. The molecule has 7 heteroatoms. The Morgan fingerprint density at radius 1 is 1.32 bits per heavy atom. The van der Waals surface area contributed by atoms with Gasteiger partial charge in [0.2, 0.25) is 9.70 Å². The van der Waals surface area contributed by atoms with Gasteiger partial charge in [0.1, 0.15) is 6.17 Å². The molecule has 1 fully saturated rings. The summed E-state index contributed by atoms with van der Waals surface area (Å²) < 4.78 is 3.88. The molecule has 1 aliphatic rings. The van der Waals surface area contributed by atoms with Gasteiger partial charge in [-0.25, -0.2) is 0 Å². The van der Waals surface area contributed by atoms with Crippen LogP contribution in [0.15, 0.2) is 30.3 Å². The predicted molar refractivity (Wildman–Crippen MR) is 89.3 cm³/mol. The van der Waals surface area contributed by atoms with Gasteiger partial charge in [-0.05, 0) is 18.4 Å². The van der Waals surface area contributed by atoms with E-state index in [-0.39, 0.29) is 18.4 Å². The minimum Gasteiger partial charge on any atom is -0.377 e. The van der Waals surface area contributed by atoms with Crippen molar-refractivity contribution in [2.45, 2.75) is 35.3 Å². The standard InChI is InChI=1S/C15H19Cl3N2O2/c16-15(17,18)14(19-10-12-7-4-8-22-12)20-13(21)9-11-5-2-1-3-6-11/h1-3,5-6,12,14,19H,4,7-10H2,(H,20,21)/t12-,14+/m1/s1. The molecule has 0 saturated carbocycles. The van der Waals surface area contributed by atoms with Crippen molar-refractivity contribution < 1.29 is 9.53 Å². The maximum absolute atomic E-state index is 12.1. The lowest BCUT2D eigenvalue weighted by Gasteiger charge is -2.27. The zero-order valence-corrected chi connectivity index (χ0v) is 14.3. The Kier molecular flexibility index (Phi) is 6.78. The first-order chi connectivity index (χ1) is 10.4. The van der Waals surface area contributed by atoms with E-state index in [0.717, 1.165) is 25.0 Å². The zero-order chi connectivity index (χ0) is 16.0. The van der Waals surface area contributed by atoms with Gasteiger partial charge >= 0.3 is 0 Å². The summed E-state index contributed by atoms with van der Waals surface area (Å²) in [7, 11) is 0. The maximum Gasteiger partial charge on any atom is 0.225 e. The van der Waals surface area contributed by atoms with Crippen molar-refractivity contribution in [3.63, 3.8) is 0 Å². The van der Waals surface area contributed by atoms with Crippen molar-refractivity contribution in [1.29, 1.82) is 0 Å². The zero-order valence-electron chi connectivity index (χ0n) is 12.0. The maximum atomic E-state index is 12.1. The van der Waals surface area contributed by atoms with Crippen LogP contribution in [-0.2, 0) is 16.0 Å². The number of carbonyl (C=O) groups is 1. The Hall–Kier alpha value is -0.520. The first-order valence-electron chi connectivity index (χ1n) is 7.20. The van der Waals surface area contributed by atoms with E-state index in [0.29, 0.717) is 6.54 Å². The van der Waals surface area contributed by atoms with Crippen molar-refractivity contribution in [2.24, 2.45) is 0 Å². The Morgan fingerprint density at radius 3 is 2.64 bits per heavy atom. The van der Waals surface area contributed by atoms with E-state index in [1.807, 2.05) is 30.3 Å². The quantitative estimate of drug-likeness (QED) is 0.602. The monoisotopic (exact) mass is 364 g/mol. The molecule has 4 nitrogen and oxygen atoms in total. The fourth-order valence-corrected chi connectivity index (χ4v) is 2.69. The highest BCUT2D eigenvalue weighted by Gasteiger charge is 2.34. The topological polar surface area (TPSA) is 50.4 Å². The predicted octanol–water partition coefficient (Wildman–Crippen LogP) is 2.81. The summed E-state index contributed by atoms with van der Waals surface area (Å²) in [6, 6.07) is 9.41. The van der Waals surface area contributed by atoms with E-state index in [9.17, 15) is 4.79 Å². The number of hydrogen-bond donors (Lipinski definition) is 2. The summed E-state index contributed by atoms with van der Waals surface area (Å²) in [6.45, 7) is 1.29.